The van der Waals surface area contributed by atoms with E-state index in [1.54, 1.807) is 0 Å². The summed E-state index contributed by atoms with van der Waals surface area (Å²) in [6, 6.07) is 1.39. The number of piperidine rings is 1. The Labute approximate surface area is 69.2 Å². The van der Waals surface area contributed by atoms with Gasteiger partial charge in [0.25, 0.3) is 0 Å². The molecule has 0 aromatic carbocycles. The largest absolute Gasteiger partial charge is 0.381 e. The zero-order chi connectivity index (χ0) is 8.43. The molecular formula is C9H19NO. The van der Waals surface area contributed by atoms with Gasteiger partial charge in [0.15, 0.2) is 0 Å². The van der Waals surface area contributed by atoms with Crippen molar-refractivity contribution in [3.8, 4) is 0 Å². The maximum atomic E-state index is 8.86. The van der Waals surface area contributed by atoms with Gasteiger partial charge >= 0.3 is 0 Å². The molecule has 0 aromatic rings. The first-order valence-electron chi connectivity index (χ1n) is 4.69. The minimum Gasteiger partial charge on any atom is -0.381 e. The van der Waals surface area contributed by atoms with Gasteiger partial charge in [-0.15, -0.1) is 0 Å². The fourth-order valence-corrected chi connectivity index (χ4v) is 2.04. The minimum absolute atomic E-state index is 0.266. The molecule has 11 heavy (non-hydrogen) atoms. The summed E-state index contributed by atoms with van der Waals surface area (Å²) in [4.78, 5) is 2.20. The molecule has 0 spiro atoms. The van der Waals surface area contributed by atoms with Crippen molar-refractivity contribution in [2.24, 2.45) is 5.92 Å². The number of hydrogen-bond acceptors (Lipinski definition) is 2. The first-order valence-corrected chi connectivity index (χ1v) is 4.69. The van der Waals surface area contributed by atoms with Gasteiger partial charge in [-0.3, -0.25) is 4.90 Å². The zero-order valence-corrected chi connectivity index (χ0v) is 7.75. The monoisotopic (exact) mass is 157 g/mol. The highest BCUT2D eigenvalue weighted by molar-refractivity contribution is 5.03. The molecule has 1 N–H and O–H groups in total. The van der Waals surface area contributed by atoms with E-state index in [2.05, 4.69) is 11.8 Å². The number of fused-ring (bicyclic) bond motifs is 1. The molecule has 1 aliphatic carbocycles. The van der Waals surface area contributed by atoms with Crippen LogP contribution in [0, 0.1) is 5.92 Å². The van der Waals surface area contributed by atoms with Gasteiger partial charge in [0.1, 0.15) is 0 Å². The summed E-state index contributed by atoms with van der Waals surface area (Å²) in [6.07, 6.45) is 2.65. The Bertz CT molecular complexity index is 125. The Kier molecular flexibility index (Phi) is 2.90. The predicted molar refractivity (Wildman–Crippen MR) is 46.2 cm³/mol. The van der Waals surface area contributed by atoms with Gasteiger partial charge in [-0.1, -0.05) is 13.8 Å². The smallest absolute Gasteiger partial charge is 0.0961 e. The maximum absolute atomic E-state index is 8.86. The summed E-state index contributed by atoms with van der Waals surface area (Å²) in [6.45, 7) is 6.46. The zero-order valence-electron chi connectivity index (χ0n) is 7.75. The summed E-state index contributed by atoms with van der Waals surface area (Å²) in [5, 5.41) is 8.86. The Morgan fingerprint density at radius 2 is 2.00 bits per heavy atom. The molecule has 2 unspecified atom stereocenters. The van der Waals surface area contributed by atoms with Crippen molar-refractivity contribution < 1.29 is 5.11 Å². The second-order valence-electron chi connectivity index (χ2n) is 3.30. The molecule has 0 amide bonds. The molecule has 2 aliphatic rings. The van der Waals surface area contributed by atoms with Gasteiger partial charge in [0, 0.05) is 12.1 Å². The number of aliphatic hydroxyl groups is 1. The topological polar surface area (TPSA) is 23.5 Å². The van der Waals surface area contributed by atoms with Crippen molar-refractivity contribution in [2.75, 3.05) is 6.73 Å². The summed E-state index contributed by atoms with van der Waals surface area (Å²) in [7, 11) is 0. The molecular weight excluding hydrogens is 138 g/mol. The van der Waals surface area contributed by atoms with Crippen molar-refractivity contribution in [2.45, 2.75) is 45.7 Å². The van der Waals surface area contributed by atoms with Crippen molar-refractivity contribution in [3.63, 3.8) is 0 Å². The highest BCUT2D eigenvalue weighted by atomic mass is 16.3. The third-order valence-electron chi connectivity index (χ3n) is 2.68. The number of nitrogens with zero attached hydrogens (tertiary/aromatic N) is 1. The summed E-state index contributed by atoms with van der Waals surface area (Å²) >= 11 is 0. The molecule has 0 radical (unpaired) electrons. The van der Waals surface area contributed by atoms with Crippen LogP contribution in [0.3, 0.4) is 0 Å². The van der Waals surface area contributed by atoms with E-state index >= 15 is 0 Å². The summed E-state index contributed by atoms with van der Waals surface area (Å²) < 4.78 is 0. The van der Waals surface area contributed by atoms with Crippen molar-refractivity contribution in [1.82, 2.24) is 4.90 Å². The van der Waals surface area contributed by atoms with Crippen LogP contribution >= 0.6 is 0 Å². The third kappa shape index (κ3) is 1.57. The van der Waals surface area contributed by atoms with E-state index in [9.17, 15) is 0 Å². The van der Waals surface area contributed by atoms with Crippen LogP contribution in [0.2, 0.25) is 0 Å². The fourth-order valence-electron chi connectivity index (χ4n) is 2.04. The van der Waals surface area contributed by atoms with Crippen LogP contribution in [-0.4, -0.2) is 28.8 Å². The first-order chi connectivity index (χ1) is 5.33. The molecule has 0 aromatic heterocycles. The molecule has 2 nitrogen and oxygen atoms in total. The van der Waals surface area contributed by atoms with Gasteiger partial charge in [-0.05, 0) is 25.7 Å². The molecule has 1 saturated heterocycles. The average Bonchev–Trinajstić information content (AvgIpc) is 2.69. The fraction of sp³-hybridized carbons (Fsp3) is 1.00. The molecule has 2 rings (SSSR count). The lowest BCUT2D eigenvalue weighted by molar-refractivity contribution is 0.0843. The van der Waals surface area contributed by atoms with Gasteiger partial charge < -0.3 is 5.11 Å². The normalized spacial score (nSPS) is 40.9. The van der Waals surface area contributed by atoms with E-state index < -0.39 is 0 Å². The van der Waals surface area contributed by atoms with E-state index in [1.165, 1.54) is 12.8 Å². The van der Waals surface area contributed by atoms with E-state index in [4.69, 9.17) is 5.11 Å². The van der Waals surface area contributed by atoms with Crippen LogP contribution in [0.5, 0.6) is 0 Å². The van der Waals surface area contributed by atoms with E-state index in [0.717, 1.165) is 12.0 Å². The van der Waals surface area contributed by atoms with E-state index in [1.807, 2.05) is 13.8 Å². The summed E-state index contributed by atoms with van der Waals surface area (Å²) in [5.41, 5.74) is 0. The van der Waals surface area contributed by atoms with Gasteiger partial charge in [0.2, 0.25) is 0 Å². The average molecular weight is 157 g/mol. The second kappa shape index (κ2) is 3.55. The van der Waals surface area contributed by atoms with Crippen LogP contribution in [0.4, 0.5) is 0 Å². The SMILES string of the molecule is CC.C[C@@H]1CC2CC2N1CO. The Morgan fingerprint density at radius 1 is 1.36 bits per heavy atom. The molecule has 66 valence electrons. The Morgan fingerprint density at radius 3 is 2.27 bits per heavy atom. The highest BCUT2D eigenvalue weighted by Crippen LogP contribution is 2.46. The van der Waals surface area contributed by atoms with Crippen molar-refractivity contribution >= 4 is 0 Å². The first kappa shape index (κ1) is 9.01. The van der Waals surface area contributed by atoms with Crippen LogP contribution in [0.15, 0.2) is 0 Å². The predicted octanol–water partition coefficient (Wildman–Crippen LogP) is 1.45. The number of likely N-dealkylation sites (tertiary alicyclic amines) is 1. The maximum Gasteiger partial charge on any atom is 0.0961 e. The van der Waals surface area contributed by atoms with Crippen LogP contribution in [0.1, 0.15) is 33.6 Å². The Hall–Kier alpha value is -0.0800. The quantitative estimate of drug-likeness (QED) is 0.622. The molecule has 2 heteroatoms. The Balaban J connectivity index is 0.000000281. The van der Waals surface area contributed by atoms with Crippen LogP contribution in [0.25, 0.3) is 0 Å². The molecule has 1 saturated carbocycles. The van der Waals surface area contributed by atoms with Gasteiger partial charge in [0.05, 0.1) is 6.73 Å². The molecule has 1 aliphatic heterocycles. The second-order valence-corrected chi connectivity index (χ2v) is 3.30. The van der Waals surface area contributed by atoms with E-state index in [0.29, 0.717) is 6.04 Å². The number of hydrogen-bond donors (Lipinski definition) is 1. The van der Waals surface area contributed by atoms with Crippen LogP contribution in [-0.2, 0) is 0 Å². The number of rotatable bonds is 1. The highest BCUT2D eigenvalue weighted by Gasteiger charge is 2.49. The summed E-state index contributed by atoms with van der Waals surface area (Å²) in [5.74, 6) is 0.937. The van der Waals surface area contributed by atoms with Crippen LogP contribution < -0.4 is 0 Å². The lowest BCUT2D eigenvalue weighted by atomic mass is 10.2. The van der Waals surface area contributed by atoms with Gasteiger partial charge in [-0.25, -0.2) is 0 Å². The molecule has 3 atom stereocenters. The van der Waals surface area contributed by atoms with E-state index in [-0.39, 0.29) is 6.73 Å². The lowest BCUT2D eigenvalue weighted by Gasteiger charge is -2.20. The number of aliphatic hydroxyl groups excluding tert-OH is 1. The van der Waals surface area contributed by atoms with Crippen molar-refractivity contribution in [3.05, 3.63) is 0 Å². The van der Waals surface area contributed by atoms with Crippen molar-refractivity contribution in [1.29, 1.82) is 0 Å². The third-order valence-corrected chi connectivity index (χ3v) is 2.68. The standard InChI is InChI=1S/C7H13NO.C2H6/c1-5-2-6-3-7(6)8(5)4-9;1-2/h5-7,9H,2-4H2,1H3;1-2H3/t5-,6?,7?;/m1./s1. The van der Waals surface area contributed by atoms with Gasteiger partial charge in [-0.2, -0.15) is 0 Å². The molecule has 1 heterocycles. The molecule has 0 bridgehead atoms. The lowest BCUT2D eigenvalue weighted by Crippen LogP contribution is -2.31. The molecule has 2 fully saturated rings. The minimum atomic E-state index is 0.266.